The fraction of sp³-hybridized carbons (Fsp3) is 0.538. The van der Waals surface area contributed by atoms with E-state index in [1.807, 2.05) is 12.1 Å². The van der Waals surface area contributed by atoms with Gasteiger partial charge in [-0.15, -0.1) is 0 Å². The molecule has 1 fully saturated rings. The van der Waals surface area contributed by atoms with Gasteiger partial charge in [0.05, 0.1) is 4.90 Å². The zero-order chi connectivity index (χ0) is 13.3. The molecule has 2 rings (SSSR count). The maximum Gasteiger partial charge on any atom is 0.240 e. The lowest BCUT2D eigenvalue weighted by Crippen LogP contribution is -2.21. The predicted molar refractivity (Wildman–Crippen MR) is 73.2 cm³/mol. The molecule has 1 aliphatic carbocycles. The summed E-state index contributed by atoms with van der Waals surface area (Å²) in [4.78, 5) is 0.345. The number of benzene rings is 1. The van der Waals surface area contributed by atoms with E-state index in [9.17, 15) is 8.42 Å². The molecule has 1 aromatic rings. The Labute approximate surface area is 109 Å². The van der Waals surface area contributed by atoms with Crippen LogP contribution in [0, 0.1) is 12.8 Å². The van der Waals surface area contributed by atoms with Crippen LogP contribution in [0.3, 0.4) is 0 Å². The van der Waals surface area contributed by atoms with Gasteiger partial charge in [0.15, 0.2) is 0 Å². The zero-order valence-electron chi connectivity index (χ0n) is 11.0. The van der Waals surface area contributed by atoms with Gasteiger partial charge in [-0.1, -0.05) is 6.07 Å². The minimum Gasteiger partial charge on any atom is -0.382 e. The molecule has 0 aromatic heterocycles. The molecule has 0 aliphatic heterocycles. The molecule has 0 amide bonds. The quantitative estimate of drug-likeness (QED) is 0.860. The van der Waals surface area contributed by atoms with Gasteiger partial charge in [0.1, 0.15) is 0 Å². The normalized spacial score (nSPS) is 17.5. The molecule has 0 saturated heterocycles. The van der Waals surface area contributed by atoms with Crippen molar-refractivity contribution in [3.05, 3.63) is 23.8 Å². The maximum absolute atomic E-state index is 11.9. The molecule has 1 saturated carbocycles. The standard InChI is InChI=1S/C13H20N2O2S/c1-9-4-7-12(15-10(2)11-5-6-11)8-13(9)18(16,17)14-3/h4,7-8,10-11,14-15H,5-6H2,1-3H3. The third-order valence-corrected chi connectivity index (χ3v) is 5.03. The van der Waals surface area contributed by atoms with Gasteiger partial charge < -0.3 is 5.32 Å². The third kappa shape index (κ3) is 2.84. The van der Waals surface area contributed by atoms with Crippen LogP contribution < -0.4 is 10.0 Å². The average molecular weight is 268 g/mol. The first-order chi connectivity index (χ1) is 8.44. The first-order valence-corrected chi connectivity index (χ1v) is 7.73. The molecule has 5 heteroatoms. The molecule has 0 bridgehead atoms. The second kappa shape index (κ2) is 4.90. The molecular weight excluding hydrogens is 248 g/mol. The monoisotopic (exact) mass is 268 g/mol. The van der Waals surface area contributed by atoms with Gasteiger partial charge in [0, 0.05) is 11.7 Å². The Morgan fingerprint density at radius 2 is 2.00 bits per heavy atom. The SMILES string of the molecule is CNS(=O)(=O)c1cc(NC(C)C2CC2)ccc1C. The number of nitrogens with one attached hydrogen (secondary N) is 2. The van der Waals surface area contributed by atoms with E-state index in [1.165, 1.54) is 19.9 Å². The highest BCUT2D eigenvalue weighted by Crippen LogP contribution is 2.34. The summed E-state index contributed by atoms with van der Waals surface area (Å²) in [7, 11) is -1.95. The topological polar surface area (TPSA) is 58.2 Å². The number of aryl methyl sites for hydroxylation is 1. The highest BCUT2D eigenvalue weighted by atomic mass is 32.2. The Morgan fingerprint density at radius 3 is 2.56 bits per heavy atom. The van der Waals surface area contributed by atoms with Crippen LogP contribution in [-0.4, -0.2) is 21.5 Å². The van der Waals surface area contributed by atoms with Crippen LogP contribution in [0.5, 0.6) is 0 Å². The summed E-state index contributed by atoms with van der Waals surface area (Å²) in [6.45, 7) is 3.95. The Morgan fingerprint density at radius 1 is 1.33 bits per heavy atom. The number of sulfonamides is 1. The van der Waals surface area contributed by atoms with E-state index in [0.29, 0.717) is 10.9 Å². The summed E-state index contributed by atoms with van der Waals surface area (Å²) in [6.07, 6.45) is 2.53. The highest BCUT2D eigenvalue weighted by molar-refractivity contribution is 7.89. The van der Waals surface area contributed by atoms with Gasteiger partial charge in [-0.05, 0) is 57.4 Å². The lowest BCUT2D eigenvalue weighted by atomic mass is 10.2. The van der Waals surface area contributed by atoms with Crippen LogP contribution in [0.1, 0.15) is 25.3 Å². The Kier molecular flexibility index (Phi) is 3.64. The molecule has 4 nitrogen and oxygen atoms in total. The van der Waals surface area contributed by atoms with Crippen molar-refractivity contribution in [1.82, 2.24) is 4.72 Å². The van der Waals surface area contributed by atoms with Gasteiger partial charge in [-0.2, -0.15) is 0 Å². The molecule has 1 aromatic carbocycles. The summed E-state index contributed by atoms with van der Waals surface area (Å²) < 4.78 is 26.1. The summed E-state index contributed by atoms with van der Waals surface area (Å²) >= 11 is 0. The molecule has 18 heavy (non-hydrogen) atoms. The average Bonchev–Trinajstić information content (AvgIpc) is 3.15. The van der Waals surface area contributed by atoms with Crippen molar-refractivity contribution in [2.75, 3.05) is 12.4 Å². The van der Waals surface area contributed by atoms with E-state index in [-0.39, 0.29) is 0 Å². The summed E-state index contributed by atoms with van der Waals surface area (Å²) in [5.74, 6) is 0.732. The van der Waals surface area contributed by atoms with E-state index in [4.69, 9.17) is 0 Å². The first kappa shape index (κ1) is 13.4. The summed E-state index contributed by atoms with van der Waals surface area (Å²) in [6, 6.07) is 5.88. The van der Waals surface area contributed by atoms with Crippen LogP contribution in [0.4, 0.5) is 5.69 Å². The van der Waals surface area contributed by atoms with Crippen LogP contribution in [-0.2, 0) is 10.0 Å². The Hall–Kier alpha value is -1.07. The van der Waals surface area contributed by atoms with Crippen LogP contribution in [0.25, 0.3) is 0 Å². The zero-order valence-corrected chi connectivity index (χ0v) is 11.8. The lowest BCUT2D eigenvalue weighted by molar-refractivity contribution is 0.587. The van der Waals surface area contributed by atoms with Crippen molar-refractivity contribution < 1.29 is 8.42 Å². The molecular formula is C13H20N2O2S. The smallest absolute Gasteiger partial charge is 0.240 e. The molecule has 1 atom stereocenters. The Balaban J connectivity index is 2.25. The van der Waals surface area contributed by atoms with Gasteiger partial charge in [0.2, 0.25) is 10.0 Å². The van der Waals surface area contributed by atoms with Crippen molar-refractivity contribution in [3.63, 3.8) is 0 Å². The highest BCUT2D eigenvalue weighted by Gasteiger charge is 2.28. The molecule has 2 N–H and O–H groups in total. The number of hydrogen-bond acceptors (Lipinski definition) is 3. The third-order valence-electron chi connectivity index (χ3n) is 3.47. The molecule has 0 spiro atoms. The molecule has 1 unspecified atom stereocenters. The second-order valence-corrected chi connectivity index (χ2v) is 6.81. The molecule has 0 radical (unpaired) electrons. The van der Waals surface area contributed by atoms with Crippen molar-refractivity contribution in [3.8, 4) is 0 Å². The maximum atomic E-state index is 11.9. The molecule has 100 valence electrons. The number of rotatable bonds is 5. The van der Waals surface area contributed by atoms with Crippen molar-refractivity contribution in [2.24, 2.45) is 5.92 Å². The Bertz CT molecular complexity index is 536. The van der Waals surface area contributed by atoms with E-state index in [2.05, 4.69) is 17.0 Å². The van der Waals surface area contributed by atoms with Crippen LogP contribution in [0.15, 0.2) is 23.1 Å². The molecule has 1 aliphatic rings. The number of anilines is 1. The summed E-state index contributed by atoms with van der Waals surface area (Å²) in [5, 5.41) is 3.38. The first-order valence-electron chi connectivity index (χ1n) is 6.25. The predicted octanol–water partition coefficient (Wildman–Crippen LogP) is 2.11. The lowest BCUT2D eigenvalue weighted by Gasteiger charge is -2.16. The summed E-state index contributed by atoms with van der Waals surface area (Å²) in [5.41, 5.74) is 1.63. The fourth-order valence-electron chi connectivity index (χ4n) is 2.07. The van der Waals surface area contributed by atoms with Crippen LogP contribution in [0.2, 0.25) is 0 Å². The fourth-order valence-corrected chi connectivity index (χ4v) is 3.06. The van der Waals surface area contributed by atoms with E-state index >= 15 is 0 Å². The van der Waals surface area contributed by atoms with Gasteiger partial charge in [-0.3, -0.25) is 0 Å². The van der Waals surface area contributed by atoms with E-state index in [0.717, 1.165) is 17.2 Å². The largest absolute Gasteiger partial charge is 0.382 e. The van der Waals surface area contributed by atoms with Crippen molar-refractivity contribution in [1.29, 1.82) is 0 Å². The van der Waals surface area contributed by atoms with Crippen molar-refractivity contribution in [2.45, 2.75) is 37.6 Å². The van der Waals surface area contributed by atoms with Crippen LogP contribution >= 0.6 is 0 Å². The number of hydrogen-bond donors (Lipinski definition) is 2. The van der Waals surface area contributed by atoms with Gasteiger partial charge >= 0.3 is 0 Å². The second-order valence-electron chi connectivity index (χ2n) is 4.96. The van der Waals surface area contributed by atoms with Gasteiger partial charge in [0.25, 0.3) is 0 Å². The van der Waals surface area contributed by atoms with Crippen molar-refractivity contribution >= 4 is 15.7 Å². The molecule has 0 heterocycles. The minimum atomic E-state index is -3.38. The van der Waals surface area contributed by atoms with Gasteiger partial charge in [-0.25, -0.2) is 13.1 Å². The minimum absolute atomic E-state index is 0.345. The van der Waals surface area contributed by atoms with E-state index in [1.54, 1.807) is 13.0 Å². The van der Waals surface area contributed by atoms with E-state index < -0.39 is 10.0 Å².